The van der Waals surface area contributed by atoms with E-state index in [4.69, 9.17) is 0 Å². The lowest BCUT2D eigenvalue weighted by Gasteiger charge is -2.30. The Hall–Kier alpha value is -0.220. The van der Waals surface area contributed by atoms with Gasteiger partial charge in [0, 0.05) is 19.6 Å². The third-order valence-corrected chi connectivity index (χ3v) is 4.81. The van der Waals surface area contributed by atoms with Crippen LogP contribution in [0.3, 0.4) is 0 Å². The van der Waals surface area contributed by atoms with Crippen LogP contribution in [-0.4, -0.2) is 47.5 Å². The van der Waals surface area contributed by atoms with Crippen molar-refractivity contribution in [2.24, 2.45) is 0 Å². The molecular formula is C11H20N2OS. The number of rotatable bonds is 1. The van der Waals surface area contributed by atoms with E-state index in [-0.39, 0.29) is 4.75 Å². The number of nitrogens with one attached hydrogen (secondary N) is 1. The molecule has 2 saturated heterocycles. The highest BCUT2D eigenvalue weighted by molar-refractivity contribution is 8.01. The largest absolute Gasteiger partial charge is 0.340 e. The van der Waals surface area contributed by atoms with Crippen LogP contribution in [0.25, 0.3) is 0 Å². The van der Waals surface area contributed by atoms with Crippen molar-refractivity contribution in [3.05, 3.63) is 0 Å². The van der Waals surface area contributed by atoms with Crippen molar-refractivity contribution in [1.82, 2.24) is 10.2 Å². The molecule has 15 heavy (non-hydrogen) atoms. The van der Waals surface area contributed by atoms with Gasteiger partial charge < -0.3 is 10.2 Å². The van der Waals surface area contributed by atoms with Gasteiger partial charge in [-0.3, -0.25) is 4.79 Å². The van der Waals surface area contributed by atoms with Crippen molar-refractivity contribution in [3.8, 4) is 0 Å². The van der Waals surface area contributed by atoms with Gasteiger partial charge in [-0.05, 0) is 38.5 Å². The smallest absolute Gasteiger partial charge is 0.238 e. The first-order chi connectivity index (χ1) is 7.22. The van der Waals surface area contributed by atoms with Gasteiger partial charge in [-0.1, -0.05) is 0 Å². The summed E-state index contributed by atoms with van der Waals surface area (Å²) in [5.74, 6) is 1.52. The second kappa shape index (κ2) is 4.74. The molecular weight excluding hydrogens is 208 g/mol. The summed E-state index contributed by atoms with van der Waals surface area (Å²) < 4.78 is -0.121. The summed E-state index contributed by atoms with van der Waals surface area (Å²) in [6.45, 7) is 5.93. The van der Waals surface area contributed by atoms with E-state index in [0.29, 0.717) is 5.91 Å². The fraction of sp³-hybridized carbons (Fsp3) is 0.909. The summed E-state index contributed by atoms with van der Waals surface area (Å²) in [6.07, 6.45) is 3.34. The van der Waals surface area contributed by atoms with E-state index < -0.39 is 0 Å². The zero-order chi connectivity index (χ0) is 10.7. The summed E-state index contributed by atoms with van der Waals surface area (Å²) >= 11 is 1.84. The molecule has 2 heterocycles. The molecule has 1 atom stereocenters. The van der Waals surface area contributed by atoms with Crippen molar-refractivity contribution in [2.45, 2.75) is 30.9 Å². The maximum Gasteiger partial charge on any atom is 0.238 e. The van der Waals surface area contributed by atoms with Gasteiger partial charge in [0.25, 0.3) is 0 Å². The Balaban J connectivity index is 1.98. The van der Waals surface area contributed by atoms with Gasteiger partial charge >= 0.3 is 0 Å². The molecule has 2 aliphatic rings. The minimum atomic E-state index is -0.121. The van der Waals surface area contributed by atoms with Crippen molar-refractivity contribution < 1.29 is 4.79 Å². The number of nitrogens with zero attached hydrogens (tertiary/aromatic N) is 1. The number of carbonyl (C=O) groups excluding carboxylic acids is 1. The number of hydrogen-bond acceptors (Lipinski definition) is 3. The quantitative estimate of drug-likeness (QED) is 0.729. The third kappa shape index (κ3) is 2.48. The molecule has 1 N–H and O–H groups in total. The van der Waals surface area contributed by atoms with Crippen LogP contribution in [0.2, 0.25) is 0 Å². The van der Waals surface area contributed by atoms with Crippen molar-refractivity contribution in [2.75, 3.05) is 31.9 Å². The van der Waals surface area contributed by atoms with Crippen LogP contribution in [0.15, 0.2) is 0 Å². The molecule has 0 radical (unpaired) electrons. The van der Waals surface area contributed by atoms with E-state index in [9.17, 15) is 4.79 Å². The molecule has 0 aromatic heterocycles. The fourth-order valence-electron chi connectivity index (χ4n) is 2.33. The highest BCUT2D eigenvalue weighted by atomic mass is 32.2. The monoisotopic (exact) mass is 228 g/mol. The Kier molecular flexibility index (Phi) is 3.57. The summed E-state index contributed by atoms with van der Waals surface area (Å²) in [5.41, 5.74) is 0. The number of amides is 1. The zero-order valence-electron chi connectivity index (χ0n) is 9.42. The first kappa shape index (κ1) is 11.3. The van der Waals surface area contributed by atoms with Gasteiger partial charge in [0.1, 0.15) is 0 Å². The van der Waals surface area contributed by atoms with Gasteiger partial charge in [-0.25, -0.2) is 0 Å². The number of thioether (sulfide) groups is 1. The molecule has 1 amide bonds. The van der Waals surface area contributed by atoms with E-state index in [1.807, 2.05) is 11.8 Å². The number of carbonyl (C=O) groups is 1. The molecule has 2 rings (SSSR count). The topological polar surface area (TPSA) is 32.3 Å². The van der Waals surface area contributed by atoms with Crippen LogP contribution in [0.1, 0.15) is 26.2 Å². The molecule has 0 bridgehead atoms. The fourth-order valence-corrected chi connectivity index (χ4v) is 3.61. The Labute approximate surface area is 96.0 Å². The highest BCUT2D eigenvalue weighted by Gasteiger charge is 2.39. The molecule has 86 valence electrons. The predicted molar refractivity (Wildman–Crippen MR) is 64.2 cm³/mol. The van der Waals surface area contributed by atoms with Gasteiger partial charge in [-0.15, -0.1) is 11.8 Å². The van der Waals surface area contributed by atoms with Crippen molar-refractivity contribution in [1.29, 1.82) is 0 Å². The van der Waals surface area contributed by atoms with Gasteiger partial charge in [0.15, 0.2) is 0 Å². The minimum absolute atomic E-state index is 0.121. The molecule has 1 unspecified atom stereocenters. The van der Waals surface area contributed by atoms with E-state index in [1.54, 1.807) is 0 Å². The average molecular weight is 228 g/mol. The minimum Gasteiger partial charge on any atom is -0.340 e. The summed E-state index contributed by atoms with van der Waals surface area (Å²) in [6, 6.07) is 0. The molecule has 0 spiro atoms. The van der Waals surface area contributed by atoms with Crippen molar-refractivity contribution >= 4 is 17.7 Å². The summed E-state index contributed by atoms with van der Waals surface area (Å²) in [5, 5.41) is 3.33. The lowest BCUT2D eigenvalue weighted by molar-refractivity contribution is -0.133. The van der Waals surface area contributed by atoms with E-state index >= 15 is 0 Å². The Morgan fingerprint density at radius 3 is 2.93 bits per heavy atom. The molecule has 0 aromatic carbocycles. The lowest BCUT2D eigenvalue weighted by Crippen LogP contribution is -2.45. The maximum atomic E-state index is 12.4. The number of hydrogen-bond donors (Lipinski definition) is 1. The Morgan fingerprint density at radius 2 is 2.20 bits per heavy atom. The molecule has 0 aromatic rings. The SMILES string of the molecule is CC1(C(=O)N2CCCNCC2)CCCS1. The lowest BCUT2D eigenvalue weighted by atomic mass is 10.0. The molecule has 0 aliphatic carbocycles. The highest BCUT2D eigenvalue weighted by Crippen LogP contribution is 2.39. The Bertz CT molecular complexity index is 231. The maximum absolute atomic E-state index is 12.4. The first-order valence-corrected chi connectivity index (χ1v) is 6.85. The molecule has 4 heteroatoms. The van der Waals surface area contributed by atoms with E-state index in [2.05, 4.69) is 17.1 Å². The third-order valence-electron chi connectivity index (χ3n) is 3.30. The van der Waals surface area contributed by atoms with Crippen LogP contribution in [0, 0.1) is 0 Å². The normalized spacial score (nSPS) is 32.7. The van der Waals surface area contributed by atoms with Crippen LogP contribution in [0.4, 0.5) is 0 Å². The standard InChI is InChI=1S/C11H20N2OS/c1-11(4-2-9-15-11)10(14)13-7-3-5-12-6-8-13/h12H,2-9H2,1H3. The molecule has 3 nitrogen and oxygen atoms in total. The van der Waals surface area contributed by atoms with Crippen LogP contribution < -0.4 is 5.32 Å². The second-order valence-corrected chi connectivity index (χ2v) is 6.18. The zero-order valence-corrected chi connectivity index (χ0v) is 10.2. The molecule has 2 aliphatic heterocycles. The second-order valence-electron chi connectivity index (χ2n) is 4.58. The summed E-state index contributed by atoms with van der Waals surface area (Å²) in [7, 11) is 0. The Morgan fingerprint density at radius 1 is 1.33 bits per heavy atom. The summed E-state index contributed by atoms with van der Waals surface area (Å²) in [4.78, 5) is 14.4. The van der Waals surface area contributed by atoms with E-state index in [0.717, 1.165) is 44.8 Å². The average Bonchev–Trinajstić information content (AvgIpc) is 2.54. The van der Waals surface area contributed by atoms with Crippen LogP contribution in [-0.2, 0) is 4.79 Å². The van der Waals surface area contributed by atoms with Gasteiger partial charge in [0.2, 0.25) is 5.91 Å². The van der Waals surface area contributed by atoms with Crippen LogP contribution >= 0.6 is 11.8 Å². The van der Waals surface area contributed by atoms with Gasteiger partial charge in [0.05, 0.1) is 4.75 Å². The molecule has 0 saturated carbocycles. The van der Waals surface area contributed by atoms with Gasteiger partial charge in [-0.2, -0.15) is 0 Å². The van der Waals surface area contributed by atoms with Crippen LogP contribution in [0.5, 0.6) is 0 Å². The van der Waals surface area contributed by atoms with Crippen molar-refractivity contribution in [3.63, 3.8) is 0 Å². The first-order valence-electron chi connectivity index (χ1n) is 5.86. The predicted octanol–water partition coefficient (Wildman–Crippen LogP) is 1.09. The molecule has 2 fully saturated rings. The van der Waals surface area contributed by atoms with E-state index in [1.165, 1.54) is 6.42 Å².